The van der Waals surface area contributed by atoms with Crippen LogP contribution >= 0.6 is 23.2 Å². The summed E-state index contributed by atoms with van der Waals surface area (Å²) in [5.41, 5.74) is 2.78. The number of halogens is 3. The van der Waals surface area contributed by atoms with E-state index < -0.39 is 5.82 Å². The monoisotopic (exact) mass is 427 g/mol. The van der Waals surface area contributed by atoms with Crippen molar-refractivity contribution in [3.05, 3.63) is 99.4 Å². The highest BCUT2D eigenvalue weighted by Crippen LogP contribution is 2.28. The lowest BCUT2D eigenvalue weighted by molar-refractivity contribution is 0.112. The molecule has 6 heteroatoms. The Morgan fingerprint density at radius 3 is 2.52 bits per heavy atom. The molecule has 0 fully saturated rings. The molecule has 0 bridgehead atoms. The number of fused-ring (bicyclic) bond motifs is 1. The number of para-hydroxylation sites is 1. The third-order valence-electron chi connectivity index (χ3n) is 4.71. The highest BCUT2D eigenvalue weighted by Gasteiger charge is 2.12. The van der Waals surface area contributed by atoms with E-state index in [9.17, 15) is 9.18 Å². The fraction of sp³-hybridized carbons (Fsp3) is 0.0870. The lowest BCUT2D eigenvalue weighted by Crippen LogP contribution is -2.04. The summed E-state index contributed by atoms with van der Waals surface area (Å²) in [4.78, 5) is 11.4. The third-order valence-corrected chi connectivity index (χ3v) is 5.18. The van der Waals surface area contributed by atoms with Crippen LogP contribution < -0.4 is 4.74 Å². The van der Waals surface area contributed by atoms with Crippen LogP contribution in [0.1, 0.15) is 21.5 Å². The van der Waals surface area contributed by atoms with E-state index in [0.29, 0.717) is 33.5 Å². The summed E-state index contributed by atoms with van der Waals surface area (Å²) < 4.78 is 21.9. The Morgan fingerprint density at radius 1 is 0.966 bits per heavy atom. The van der Waals surface area contributed by atoms with Crippen molar-refractivity contribution in [1.82, 2.24) is 4.57 Å². The zero-order valence-corrected chi connectivity index (χ0v) is 16.8. The quantitative estimate of drug-likeness (QED) is 0.327. The van der Waals surface area contributed by atoms with Gasteiger partial charge in [-0.05, 0) is 36.4 Å². The summed E-state index contributed by atoms with van der Waals surface area (Å²) in [5, 5.41) is 1.79. The molecule has 0 aliphatic heterocycles. The molecule has 0 saturated carbocycles. The number of ether oxygens (including phenoxy) is 1. The topological polar surface area (TPSA) is 31.2 Å². The Hall–Kier alpha value is -2.82. The second-order valence-corrected chi connectivity index (χ2v) is 7.50. The van der Waals surface area contributed by atoms with Gasteiger partial charge in [0.1, 0.15) is 18.2 Å². The second-order valence-electron chi connectivity index (χ2n) is 6.62. The summed E-state index contributed by atoms with van der Waals surface area (Å²) in [6.07, 6.45) is 2.65. The standard InChI is InChI=1S/C23H16Cl2FNO2/c24-18-7-8-23(29-14-15-5-6-19(25)10-21(15)26)16(9-18)11-27-12-17(13-28)20-3-1-2-4-22(20)27/h1-10,12-13H,11,14H2. The van der Waals surface area contributed by atoms with Gasteiger partial charge in [0, 0.05) is 43.8 Å². The van der Waals surface area contributed by atoms with Crippen molar-refractivity contribution in [3.8, 4) is 5.75 Å². The lowest BCUT2D eigenvalue weighted by Gasteiger charge is -2.14. The minimum atomic E-state index is -0.417. The van der Waals surface area contributed by atoms with E-state index in [-0.39, 0.29) is 6.61 Å². The normalized spacial score (nSPS) is 11.0. The summed E-state index contributed by atoms with van der Waals surface area (Å²) in [5.74, 6) is 0.175. The molecule has 0 spiro atoms. The van der Waals surface area contributed by atoms with Crippen LogP contribution in [0.5, 0.6) is 5.75 Å². The van der Waals surface area contributed by atoms with Gasteiger partial charge in [-0.1, -0.05) is 47.5 Å². The number of carbonyl (C=O) groups excluding carboxylic acids is 1. The number of benzene rings is 3. The fourth-order valence-corrected chi connectivity index (χ4v) is 3.64. The predicted molar refractivity (Wildman–Crippen MR) is 114 cm³/mol. The number of rotatable bonds is 6. The number of aldehydes is 1. The Balaban J connectivity index is 1.65. The molecular weight excluding hydrogens is 412 g/mol. The van der Waals surface area contributed by atoms with Crippen molar-refractivity contribution in [2.75, 3.05) is 0 Å². The molecule has 0 N–H and O–H groups in total. The number of hydrogen-bond donors (Lipinski definition) is 0. The van der Waals surface area contributed by atoms with Crippen molar-refractivity contribution >= 4 is 40.4 Å². The zero-order chi connectivity index (χ0) is 20.4. The molecule has 0 radical (unpaired) electrons. The van der Waals surface area contributed by atoms with Crippen LogP contribution in [-0.4, -0.2) is 10.9 Å². The van der Waals surface area contributed by atoms with Gasteiger partial charge < -0.3 is 9.30 Å². The Bertz CT molecular complexity index is 1200. The van der Waals surface area contributed by atoms with Crippen molar-refractivity contribution in [3.63, 3.8) is 0 Å². The second kappa shape index (κ2) is 8.27. The Morgan fingerprint density at radius 2 is 1.72 bits per heavy atom. The average Bonchev–Trinajstić information content (AvgIpc) is 3.06. The van der Waals surface area contributed by atoms with E-state index >= 15 is 0 Å². The van der Waals surface area contributed by atoms with Gasteiger partial charge in [-0.2, -0.15) is 0 Å². The van der Waals surface area contributed by atoms with E-state index in [4.69, 9.17) is 27.9 Å². The highest BCUT2D eigenvalue weighted by atomic mass is 35.5. The fourth-order valence-electron chi connectivity index (χ4n) is 3.29. The van der Waals surface area contributed by atoms with Crippen LogP contribution in [0.2, 0.25) is 10.0 Å². The first-order valence-corrected chi connectivity index (χ1v) is 9.69. The molecule has 0 aliphatic rings. The first-order valence-electron chi connectivity index (χ1n) is 8.93. The van der Waals surface area contributed by atoms with E-state index in [0.717, 1.165) is 22.8 Å². The van der Waals surface area contributed by atoms with E-state index in [2.05, 4.69) is 0 Å². The largest absolute Gasteiger partial charge is 0.488 e. The van der Waals surface area contributed by atoms with Crippen molar-refractivity contribution in [2.24, 2.45) is 0 Å². The minimum absolute atomic E-state index is 0.0592. The van der Waals surface area contributed by atoms with Gasteiger partial charge in [0.25, 0.3) is 0 Å². The summed E-state index contributed by atoms with van der Waals surface area (Å²) >= 11 is 12.0. The van der Waals surface area contributed by atoms with Gasteiger partial charge >= 0.3 is 0 Å². The molecule has 0 saturated heterocycles. The molecule has 29 heavy (non-hydrogen) atoms. The number of aromatic nitrogens is 1. The predicted octanol–water partition coefficient (Wildman–Crippen LogP) is 6.53. The van der Waals surface area contributed by atoms with E-state index in [1.807, 2.05) is 34.9 Å². The smallest absolute Gasteiger partial charge is 0.152 e. The molecule has 0 unspecified atom stereocenters. The third kappa shape index (κ3) is 4.14. The van der Waals surface area contributed by atoms with Crippen LogP contribution in [0.25, 0.3) is 10.9 Å². The average molecular weight is 428 g/mol. The number of carbonyl (C=O) groups is 1. The van der Waals surface area contributed by atoms with E-state index in [1.54, 1.807) is 30.5 Å². The van der Waals surface area contributed by atoms with Crippen LogP contribution in [0.3, 0.4) is 0 Å². The summed E-state index contributed by atoms with van der Waals surface area (Å²) in [6, 6.07) is 17.5. The molecule has 0 aliphatic carbocycles. The molecular formula is C23H16Cl2FNO2. The SMILES string of the molecule is O=Cc1cn(Cc2cc(Cl)ccc2OCc2ccc(Cl)cc2F)c2ccccc12. The number of nitrogens with zero attached hydrogens (tertiary/aromatic N) is 1. The summed E-state index contributed by atoms with van der Waals surface area (Å²) in [6.45, 7) is 0.511. The highest BCUT2D eigenvalue weighted by molar-refractivity contribution is 6.30. The van der Waals surface area contributed by atoms with Gasteiger partial charge in [-0.25, -0.2) is 4.39 Å². The molecule has 0 atom stereocenters. The molecule has 3 nitrogen and oxygen atoms in total. The molecule has 0 amide bonds. The molecule has 146 valence electrons. The van der Waals surface area contributed by atoms with Gasteiger partial charge in [-0.3, -0.25) is 4.79 Å². The first kappa shape index (κ1) is 19.5. The Labute approximate surface area is 177 Å². The number of hydrogen-bond acceptors (Lipinski definition) is 2. The maximum absolute atomic E-state index is 14.1. The Kier molecular flexibility index (Phi) is 5.56. The van der Waals surface area contributed by atoms with Crippen LogP contribution in [-0.2, 0) is 13.2 Å². The van der Waals surface area contributed by atoms with Crippen LogP contribution in [0.4, 0.5) is 4.39 Å². The van der Waals surface area contributed by atoms with Gasteiger partial charge in [0.15, 0.2) is 6.29 Å². The zero-order valence-electron chi connectivity index (χ0n) is 15.2. The van der Waals surface area contributed by atoms with Gasteiger partial charge in [-0.15, -0.1) is 0 Å². The molecule has 1 aromatic heterocycles. The molecule has 4 rings (SSSR count). The van der Waals surface area contributed by atoms with E-state index in [1.165, 1.54) is 6.07 Å². The molecule has 3 aromatic carbocycles. The minimum Gasteiger partial charge on any atom is -0.488 e. The van der Waals surface area contributed by atoms with Crippen molar-refractivity contribution < 1.29 is 13.9 Å². The first-order chi connectivity index (χ1) is 14.0. The maximum Gasteiger partial charge on any atom is 0.152 e. The van der Waals surface area contributed by atoms with Crippen LogP contribution in [0, 0.1) is 5.82 Å². The maximum atomic E-state index is 14.1. The summed E-state index contributed by atoms with van der Waals surface area (Å²) in [7, 11) is 0. The lowest BCUT2D eigenvalue weighted by atomic mass is 10.2. The van der Waals surface area contributed by atoms with Crippen LogP contribution in [0.15, 0.2) is 66.9 Å². The van der Waals surface area contributed by atoms with Crippen molar-refractivity contribution in [2.45, 2.75) is 13.2 Å². The van der Waals surface area contributed by atoms with Crippen molar-refractivity contribution in [1.29, 1.82) is 0 Å². The van der Waals surface area contributed by atoms with Gasteiger partial charge in [0.05, 0.1) is 6.54 Å². The molecule has 1 heterocycles. The van der Waals surface area contributed by atoms with Gasteiger partial charge in [0.2, 0.25) is 0 Å². The molecule has 4 aromatic rings.